The molecule has 0 unspecified atom stereocenters. The molecule has 0 radical (unpaired) electrons. The van der Waals surface area contributed by atoms with Crippen LogP contribution in [0.1, 0.15) is 6.92 Å². The standard InChI is InChI=1S/C14H18N2O4S/c1-11(2)9-20-8-7-15-14(17)10-21-13-5-3-12(4-6-13)16(18)19/h3-6H,1,7-10H2,2H3,(H,15,17). The lowest BCUT2D eigenvalue weighted by Gasteiger charge is -2.06. The predicted molar refractivity (Wildman–Crippen MR) is 82.5 cm³/mol. The predicted octanol–water partition coefficient (Wildman–Crippen LogP) is 2.40. The zero-order chi connectivity index (χ0) is 15.7. The number of ether oxygens (including phenoxy) is 1. The first-order valence-electron chi connectivity index (χ1n) is 6.35. The molecule has 1 aromatic carbocycles. The molecular weight excluding hydrogens is 292 g/mol. The highest BCUT2D eigenvalue weighted by Crippen LogP contribution is 2.20. The maximum Gasteiger partial charge on any atom is 0.269 e. The van der Waals surface area contributed by atoms with Gasteiger partial charge in [-0.3, -0.25) is 14.9 Å². The van der Waals surface area contributed by atoms with Gasteiger partial charge >= 0.3 is 0 Å². The number of nitrogens with one attached hydrogen (secondary N) is 1. The van der Waals surface area contributed by atoms with Crippen molar-refractivity contribution in [2.45, 2.75) is 11.8 Å². The van der Waals surface area contributed by atoms with Crippen molar-refractivity contribution in [3.63, 3.8) is 0 Å². The monoisotopic (exact) mass is 310 g/mol. The van der Waals surface area contributed by atoms with Gasteiger partial charge in [0, 0.05) is 23.6 Å². The highest BCUT2D eigenvalue weighted by atomic mass is 32.2. The van der Waals surface area contributed by atoms with Gasteiger partial charge in [0.2, 0.25) is 5.91 Å². The number of nitro benzene ring substituents is 1. The minimum atomic E-state index is -0.452. The molecule has 114 valence electrons. The highest BCUT2D eigenvalue weighted by molar-refractivity contribution is 8.00. The van der Waals surface area contributed by atoms with Crippen LogP contribution in [0, 0.1) is 10.1 Å². The van der Waals surface area contributed by atoms with Crippen LogP contribution in [0.15, 0.2) is 41.3 Å². The Morgan fingerprint density at radius 2 is 2.10 bits per heavy atom. The maximum absolute atomic E-state index is 11.6. The summed E-state index contributed by atoms with van der Waals surface area (Å²) in [6, 6.07) is 6.11. The molecule has 0 aromatic heterocycles. The van der Waals surface area contributed by atoms with Crippen molar-refractivity contribution in [2.24, 2.45) is 0 Å². The Hall–Kier alpha value is -1.86. The van der Waals surface area contributed by atoms with Crippen molar-refractivity contribution in [2.75, 3.05) is 25.5 Å². The molecule has 0 fully saturated rings. The zero-order valence-corrected chi connectivity index (χ0v) is 12.6. The molecule has 0 spiro atoms. The number of rotatable bonds is 9. The van der Waals surface area contributed by atoms with Gasteiger partial charge < -0.3 is 10.1 Å². The minimum Gasteiger partial charge on any atom is -0.375 e. The number of hydrogen-bond donors (Lipinski definition) is 1. The summed E-state index contributed by atoms with van der Waals surface area (Å²) in [5, 5.41) is 13.2. The molecule has 0 saturated heterocycles. The van der Waals surface area contributed by atoms with Crippen LogP contribution in [0.2, 0.25) is 0 Å². The molecule has 0 atom stereocenters. The second kappa shape index (κ2) is 9.15. The smallest absolute Gasteiger partial charge is 0.269 e. The number of non-ortho nitro benzene ring substituents is 1. The Morgan fingerprint density at radius 3 is 2.67 bits per heavy atom. The van der Waals surface area contributed by atoms with E-state index in [0.29, 0.717) is 19.8 Å². The fourth-order valence-electron chi connectivity index (χ4n) is 1.37. The fourth-order valence-corrected chi connectivity index (χ4v) is 2.10. The second-order valence-corrected chi connectivity index (χ2v) is 5.45. The van der Waals surface area contributed by atoms with Gasteiger partial charge in [-0.05, 0) is 19.1 Å². The molecule has 0 aliphatic rings. The first kappa shape index (κ1) is 17.2. The van der Waals surface area contributed by atoms with Gasteiger partial charge in [-0.25, -0.2) is 0 Å². The lowest BCUT2D eigenvalue weighted by molar-refractivity contribution is -0.384. The van der Waals surface area contributed by atoms with E-state index in [1.54, 1.807) is 12.1 Å². The number of nitrogens with zero attached hydrogens (tertiary/aromatic N) is 1. The van der Waals surface area contributed by atoms with Gasteiger partial charge in [0.1, 0.15) is 0 Å². The van der Waals surface area contributed by atoms with Gasteiger partial charge in [0.15, 0.2) is 0 Å². The van der Waals surface area contributed by atoms with E-state index in [0.717, 1.165) is 10.5 Å². The molecule has 21 heavy (non-hydrogen) atoms. The Kier molecular flexibility index (Phi) is 7.49. The van der Waals surface area contributed by atoms with Crippen molar-refractivity contribution >= 4 is 23.4 Å². The van der Waals surface area contributed by atoms with E-state index in [4.69, 9.17) is 4.74 Å². The van der Waals surface area contributed by atoms with Crippen molar-refractivity contribution in [1.29, 1.82) is 0 Å². The SMILES string of the molecule is C=C(C)COCCNC(=O)CSc1ccc([N+](=O)[O-])cc1. The van der Waals surface area contributed by atoms with E-state index in [-0.39, 0.29) is 17.3 Å². The molecule has 1 rings (SSSR count). The van der Waals surface area contributed by atoms with E-state index in [1.165, 1.54) is 23.9 Å². The molecule has 6 nitrogen and oxygen atoms in total. The molecule has 0 aliphatic carbocycles. The van der Waals surface area contributed by atoms with Crippen LogP contribution in [0.25, 0.3) is 0 Å². The third-order valence-electron chi connectivity index (χ3n) is 2.33. The summed E-state index contributed by atoms with van der Waals surface area (Å²) in [4.78, 5) is 22.4. The number of carbonyl (C=O) groups is 1. The van der Waals surface area contributed by atoms with Crippen LogP contribution >= 0.6 is 11.8 Å². The number of thioether (sulfide) groups is 1. The van der Waals surface area contributed by atoms with E-state index in [2.05, 4.69) is 11.9 Å². The maximum atomic E-state index is 11.6. The highest BCUT2D eigenvalue weighted by Gasteiger charge is 2.06. The summed E-state index contributed by atoms with van der Waals surface area (Å²) in [7, 11) is 0. The van der Waals surface area contributed by atoms with E-state index >= 15 is 0 Å². The summed E-state index contributed by atoms with van der Waals surface area (Å²) in [6.07, 6.45) is 0. The van der Waals surface area contributed by atoms with Crippen LogP contribution < -0.4 is 5.32 Å². The normalized spacial score (nSPS) is 10.1. The summed E-state index contributed by atoms with van der Waals surface area (Å²) in [5.74, 6) is 0.162. The first-order valence-corrected chi connectivity index (χ1v) is 7.33. The van der Waals surface area contributed by atoms with Crippen molar-refractivity contribution < 1.29 is 14.5 Å². The van der Waals surface area contributed by atoms with E-state index in [9.17, 15) is 14.9 Å². The van der Waals surface area contributed by atoms with Gasteiger partial charge in [0.25, 0.3) is 5.69 Å². The number of benzene rings is 1. The van der Waals surface area contributed by atoms with Gasteiger partial charge in [0.05, 0.1) is 23.9 Å². The Balaban J connectivity index is 2.20. The third-order valence-corrected chi connectivity index (χ3v) is 3.35. The molecule has 0 aliphatic heterocycles. The average molecular weight is 310 g/mol. The molecule has 1 amide bonds. The van der Waals surface area contributed by atoms with Crippen LogP contribution in [0.4, 0.5) is 5.69 Å². The zero-order valence-electron chi connectivity index (χ0n) is 11.8. The Morgan fingerprint density at radius 1 is 1.43 bits per heavy atom. The van der Waals surface area contributed by atoms with Crippen molar-refractivity contribution in [1.82, 2.24) is 5.32 Å². The fraction of sp³-hybridized carbons (Fsp3) is 0.357. The van der Waals surface area contributed by atoms with Gasteiger partial charge in [-0.2, -0.15) is 0 Å². The van der Waals surface area contributed by atoms with Crippen LogP contribution in [0.5, 0.6) is 0 Å². The summed E-state index contributed by atoms with van der Waals surface area (Å²) in [5.41, 5.74) is 0.980. The van der Waals surface area contributed by atoms with Crippen LogP contribution in [-0.4, -0.2) is 36.3 Å². The first-order chi connectivity index (χ1) is 9.99. The number of hydrogen-bond acceptors (Lipinski definition) is 5. The Bertz CT molecular complexity index is 502. The van der Waals surface area contributed by atoms with Crippen LogP contribution in [0.3, 0.4) is 0 Å². The lowest BCUT2D eigenvalue weighted by Crippen LogP contribution is -2.28. The largest absolute Gasteiger partial charge is 0.375 e. The second-order valence-electron chi connectivity index (χ2n) is 4.40. The summed E-state index contributed by atoms with van der Waals surface area (Å²) in [6.45, 7) is 6.97. The van der Waals surface area contributed by atoms with Crippen LogP contribution in [-0.2, 0) is 9.53 Å². The van der Waals surface area contributed by atoms with Crippen molar-refractivity contribution in [3.05, 3.63) is 46.5 Å². The summed E-state index contributed by atoms with van der Waals surface area (Å²) < 4.78 is 5.26. The minimum absolute atomic E-state index is 0.0402. The molecular formula is C14H18N2O4S. The summed E-state index contributed by atoms with van der Waals surface area (Å²) >= 11 is 1.33. The van der Waals surface area contributed by atoms with Gasteiger partial charge in [-0.15, -0.1) is 11.8 Å². The Labute approximate surface area is 127 Å². The molecule has 0 bridgehead atoms. The van der Waals surface area contributed by atoms with Gasteiger partial charge in [-0.1, -0.05) is 12.2 Å². The van der Waals surface area contributed by atoms with E-state index in [1.807, 2.05) is 6.92 Å². The van der Waals surface area contributed by atoms with E-state index < -0.39 is 4.92 Å². The topological polar surface area (TPSA) is 81.5 Å². The molecule has 7 heteroatoms. The number of nitro groups is 1. The molecule has 1 aromatic rings. The third kappa shape index (κ3) is 7.48. The molecule has 0 heterocycles. The lowest BCUT2D eigenvalue weighted by atomic mass is 10.3. The quantitative estimate of drug-likeness (QED) is 0.249. The molecule has 0 saturated carbocycles. The number of amides is 1. The molecule has 1 N–H and O–H groups in total. The average Bonchev–Trinajstić information content (AvgIpc) is 2.44. The van der Waals surface area contributed by atoms with Crippen molar-refractivity contribution in [3.8, 4) is 0 Å². The number of carbonyl (C=O) groups excluding carboxylic acids is 1.